The van der Waals surface area contributed by atoms with Crippen LogP contribution >= 0.6 is 22.7 Å². The monoisotopic (exact) mass is 373 g/mol. The topological polar surface area (TPSA) is 39.2 Å². The third-order valence-corrected chi connectivity index (χ3v) is 8.73. The van der Waals surface area contributed by atoms with Crippen molar-refractivity contribution in [1.29, 1.82) is 0 Å². The van der Waals surface area contributed by atoms with E-state index in [2.05, 4.69) is 30.7 Å². The quantitative estimate of drug-likeness (QED) is 0.651. The first-order chi connectivity index (χ1) is 12.0. The van der Waals surface area contributed by atoms with E-state index in [4.69, 9.17) is 9.72 Å². The highest BCUT2D eigenvalue weighted by Gasteiger charge is 2.58. The molecule has 0 spiro atoms. The van der Waals surface area contributed by atoms with Crippen LogP contribution in [0, 0.1) is 23.2 Å². The summed E-state index contributed by atoms with van der Waals surface area (Å²) in [5.74, 6) is 1.20. The van der Waals surface area contributed by atoms with Gasteiger partial charge in [-0.1, -0.05) is 20.8 Å². The van der Waals surface area contributed by atoms with Crippen molar-refractivity contribution in [3.05, 3.63) is 27.4 Å². The molecule has 0 aromatic carbocycles. The summed E-state index contributed by atoms with van der Waals surface area (Å²) >= 11 is 3.59. The van der Waals surface area contributed by atoms with E-state index in [1.54, 1.807) is 11.3 Å². The Labute approximate surface area is 156 Å². The zero-order valence-corrected chi connectivity index (χ0v) is 16.5. The van der Waals surface area contributed by atoms with Gasteiger partial charge >= 0.3 is 5.97 Å². The van der Waals surface area contributed by atoms with Gasteiger partial charge in [0, 0.05) is 33.6 Å². The van der Waals surface area contributed by atoms with E-state index >= 15 is 0 Å². The predicted molar refractivity (Wildman–Crippen MR) is 101 cm³/mol. The predicted octanol–water partition coefficient (Wildman–Crippen LogP) is 5.13. The van der Waals surface area contributed by atoms with E-state index in [-0.39, 0.29) is 23.4 Å². The van der Waals surface area contributed by atoms with Crippen molar-refractivity contribution in [3.63, 3.8) is 0 Å². The molecule has 0 amide bonds. The van der Waals surface area contributed by atoms with Gasteiger partial charge in [-0.3, -0.25) is 4.79 Å². The van der Waals surface area contributed by atoms with E-state index in [0.29, 0.717) is 17.8 Å². The normalized spacial score (nSPS) is 39.5. The molecule has 1 saturated heterocycles. The van der Waals surface area contributed by atoms with Crippen molar-refractivity contribution in [2.75, 3.05) is 0 Å². The fraction of sp³-hybridized carbons (Fsp3) is 0.600. The second-order valence-corrected chi connectivity index (χ2v) is 10.2. The molecule has 5 heteroatoms. The molecule has 2 aromatic rings. The number of aromatic nitrogens is 1. The van der Waals surface area contributed by atoms with Gasteiger partial charge in [0.2, 0.25) is 0 Å². The molecule has 5 rings (SSSR count). The molecule has 25 heavy (non-hydrogen) atoms. The number of ether oxygens (including phenoxy) is 1. The van der Waals surface area contributed by atoms with Gasteiger partial charge in [-0.15, -0.1) is 11.3 Å². The second-order valence-electron chi connectivity index (χ2n) is 8.38. The van der Waals surface area contributed by atoms with Gasteiger partial charge in [-0.25, -0.2) is 4.98 Å². The Morgan fingerprint density at radius 2 is 2.16 bits per heavy atom. The highest BCUT2D eigenvalue weighted by atomic mass is 32.1. The maximum absolute atomic E-state index is 12.2. The highest BCUT2D eigenvalue weighted by Crippen LogP contribution is 2.59. The van der Waals surface area contributed by atoms with Crippen LogP contribution in [0.3, 0.4) is 0 Å². The lowest BCUT2D eigenvalue weighted by molar-refractivity contribution is -0.149. The van der Waals surface area contributed by atoms with Gasteiger partial charge in [0.25, 0.3) is 0 Å². The summed E-state index contributed by atoms with van der Waals surface area (Å²) in [4.78, 5) is 18.7. The van der Waals surface area contributed by atoms with Crippen LogP contribution in [0.1, 0.15) is 50.1 Å². The smallest absolute Gasteiger partial charge is 0.309 e. The Balaban J connectivity index is 1.56. The van der Waals surface area contributed by atoms with Gasteiger partial charge in [-0.2, -0.15) is 11.3 Å². The molecule has 1 saturated carbocycles. The van der Waals surface area contributed by atoms with Gasteiger partial charge < -0.3 is 4.74 Å². The molecule has 3 aliphatic rings. The number of carbonyl (C=O) groups excluding carboxylic acids is 1. The molecule has 0 unspecified atom stereocenters. The number of hydrogen-bond acceptors (Lipinski definition) is 5. The molecule has 0 bridgehead atoms. The van der Waals surface area contributed by atoms with Crippen LogP contribution in [0.25, 0.3) is 10.6 Å². The lowest BCUT2D eigenvalue weighted by atomic mass is 9.54. The van der Waals surface area contributed by atoms with Crippen molar-refractivity contribution < 1.29 is 9.53 Å². The molecule has 1 aliphatic heterocycles. The number of fused-ring (bicyclic) bond motifs is 4. The molecule has 2 aromatic heterocycles. The molecular formula is C20H23NO2S2. The summed E-state index contributed by atoms with van der Waals surface area (Å²) in [7, 11) is 0. The number of hydrogen-bond donors (Lipinski definition) is 0. The second kappa shape index (κ2) is 5.40. The van der Waals surface area contributed by atoms with Crippen LogP contribution in [-0.2, 0) is 16.0 Å². The van der Waals surface area contributed by atoms with E-state index in [1.165, 1.54) is 22.6 Å². The van der Waals surface area contributed by atoms with Crippen LogP contribution in [0.15, 0.2) is 16.8 Å². The number of esters is 1. The molecule has 0 N–H and O–H groups in total. The minimum Gasteiger partial charge on any atom is -0.461 e. The van der Waals surface area contributed by atoms with Crippen LogP contribution in [0.5, 0.6) is 0 Å². The third kappa shape index (κ3) is 2.21. The molecular weight excluding hydrogens is 350 g/mol. The first-order valence-corrected chi connectivity index (χ1v) is 11.0. The molecule has 3 heterocycles. The summed E-state index contributed by atoms with van der Waals surface area (Å²) < 4.78 is 5.92. The molecule has 3 nitrogen and oxygen atoms in total. The van der Waals surface area contributed by atoms with E-state index in [0.717, 1.165) is 17.8 Å². The van der Waals surface area contributed by atoms with E-state index in [1.807, 2.05) is 18.3 Å². The number of thiazole rings is 1. The van der Waals surface area contributed by atoms with Crippen LogP contribution < -0.4 is 0 Å². The van der Waals surface area contributed by atoms with E-state index in [9.17, 15) is 4.79 Å². The number of rotatable bonds is 1. The maximum Gasteiger partial charge on any atom is 0.309 e. The molecule has 2 fully saturated rings. The Morgan fingerprint density at radius 1 is 1.32 bits per heavy atom. The standard InChI is InChI=1S/C20H23NO2S2/c1-10-13-4-6-20(3)8-14-16(11(2)15(20)17(13)23-19(10)22)21-18(25-14)12-5-7-24-9-12/h5,7,9-11,13,15,17H,4,6,8H2,1-3H3/t10-,11-,13-,15+,17-,20-/m0/s1. The van der Waals surface area contributed by atoms with Crippen molar-refractivity contribution in [3.8, 4) is 10.6 Å². The maximum atomic E-state index is 12.2. The number of carbonyl (C=O) groups is 1. The Kier molecular flexibility index (Phi) is 3.46. The third-order valence-electron chi connectivity index (χ3n) is 6.93. The first-order valence-electron chi connectivity index (χ1n) is 9.20. The number of nitrogens with zero attached hydrogens (tertiary/aromatic N) is 1. The Bertz CT molecular complexity index is 827. The Hall–Kier alpha value is -1.20. The fourth-order valence-corrected chi connectivity index (χ4v) is 7.66. The Morgan fingerprint density at radius 3 is 2.92 bits per heavy atom. The largest absolute Gasteiger partial charge is 0.461 e. The lowest BCUT2D eigenvalue weighted by Gasteiger charge is -2.51. The van der Waals surface area contributed by atoms with Crippen molar-refractivity contribution >= 4 is 28.6 Å². The minimum atomic E-state index is 0.00878. The zero-order valence-electron chi connectivity index (χ0n) is 14.8. The minimum absolute atomic E-state index is 0.00878. The highest BCUT2D eigenvalue weighted by molar-refractivity contribution is 7.15. The van der Waals surface area contributed by atoms with Gasteiger partial charge in [0.05, 0.1) is 11.6 Å². The van der Waals surface area contributed by atoms with Gasteiger partial charge in [-0.05, 0) is 36.1 Å². The summed E-state index contributed by atoms with van der Waals surface area (Å²) in [5, 5.41) is 5.44. The molecule has 2 aliphatic carbocycles. The van der Waals surface area contributed by atoms with Gasteiger partial charge in [0.15, 0.2) is 0 Å². The van der Waals surface area contributed by atoms with Crippen molar-refractivity contribution in [2.24, 2.45) is 23.2 Å². The fourth-order valence-electron chi connectivity index (χ4n) is 5.59. The molecule has 132 valence electrons. The average molecular weight is 374 g/mol. The average Bonchev–Trinajstić information content (AvgIpc) is 3.27. The summed E-state index contributed by atoms with van der Waals surface area (Å²) in [6.07, 6.45) is 3.46. The summed E-state index contributed by atoms with van der Waals surface area (Å²) in [6, 6.07) is 2.16. The van der Waals surface area contributed by atoms with Crippen LogP contribution in [0.2, 0.25) is 0 Å². The molecule has 0 radical (unpaired) electrons. The number of thiophene rings is 1. The first kappa shape index (κ1) is 16.0. The zero-order chi connectivity index (χ0) is 17.3. The summed E-state index contributed by atoms with van der Waals surface area (Å²) in [5.41, 5.74) is 2.71. The van der Waals surface area contributed by atoms with Gasteiger partial charge in [0.1, 0.15) is 11.1 Å². The lowest BCUT2D eigenvalue weighted by Crippen LogP contribution is -2.50. The van der Waals surface area contributed by atoms with Crippen molar-refractivity contribution in [2.45, 2.75) is 52.1 Å². The van der Waals surface area contributed by atoms with E-state index < -0.39 is 0 Å². The molecule has 6 atom stereocenters. The van der Waals surface area contributed by atoms with Crippen molar-refractivity contribution in [1.82, 2.24) is 4.98 Å². The van der Waals surface area contributed by atoms with Crippen LogP contribution in [-0.4, -0.2) is 17.1 Å². The van der Waals surface area contributed by atoms with Crippen LogP contribution in [0.4, 0.5) is 0 Å². The summed E-state index contributed by atoms with van der Waals surface area (Å²) in [6.45, 7) is 6.76. The SMILES string of the molecule is C[C@@H]1C(=O)O[C@H]2[C@H]1CC[C@@]1(C)Cc3sc(-c4ccsc4)nc3[C@@H](C)[C@H]21.